The number of halogens is 2. The first-order valence-electron chi connectivity index (χ1n) is 3.79. The zero-order valence-corrected chi connectivity index (χ0v) is 6.55. The second-order valence-electron chi connectivity index (χ2n) is 2.93. The molecule has 0 amide bonds. The first-order valence-corrected chi connectivity index (χ1v) is 3.79. The Kier molecular flexibility index (Phi) is 1.61. The lowest BCUT2D eigenvalue weighted by molar-refractivity contribution is 0.378. The quantitative estimate of drug-likeness (QED) is 0.589. The summed E-state index contributed by atoms with van der Waals surface area (Å²) in [6.07, 6.45) is -0.115. The van der Waals surface area contributed by atoms with Crippen LogP contribution < -0.4 is 0 Å². The first-order chi connectivity index (χ1) is 5.68. The van der Waals surface area contributed by atoms with Crippen molar-refractivity contribution in [3.8, 4) is 0 Å². The van der Waals surface area contributed by atoms with Gasteiger partial charge in [0, 0.05) is 11.6 Å². The fourth-order valence-corrected chi connectivity index (χ4v) is 1.24. The first kappa shape index (κ1) is 7.68. The standard InChI is InChI=1S/C9H8F2O/c1-5-9(12-5)7-3-2-6(10)4-8(7)11/h2-5,9H,1H3. The van der Waals surface area contributed by atoms with Gasteiger partial charge in [-0.15, -0.1) is 0 Å². The van der Waals surface area contributed by atoms with Gasteiger partial charge in [-0.2, -0.15) is 0 Å². The van der Waals surface area contributed by atoms with E-state index in [1.54, 1.807) is 0 Å². The van der Waals surface area contributed by atoms with Gasteiger partial charge in [0.15, 0.2) is 0 Å². The van der Waals surface area contributed by atoms with Crippen molar-refractivity contribution < 1.29 is 13.5 Å². The Morgan fingerprint density at radius 1 is 1.33 bits per heavy atom. The summed E-state index contributed by atoms with van der Waals surface area (Å²) in [5.41, 5.74) is 0.448. The Hall–Kier alpha value is -0.960. The molecule has 0 spiro atoms. The zero-order chi connectivity index (χ0) is 8.72. The largest absolute Gasteiger partial charge is 0.365 e. The van der Waals surface area contributed by atoms with Crippen molar-refractivity contribution in [3.05, 3.63) is 35.4 Å². The predicted octanol–water partition coefficient (Wildman–Crippen LogP) is 2.42. The van der Waals surface area contributed by atoms with Crippen LogP contribution in [0.25, 0.3) is 0 Å². The second kappa shape index (κ2) is 2.52. The smallest absolute Gasteiger partial charge is 0.132 e. The summed E-state index contributed by atoms with van der Waals surface area (Å²) in [7, 11) is 0. The van der Waals surface area contributed by atoms with Crippen LogP contribution in [0.1, 0.15) is 18.6 Å². The fourth-order valence-electron chi connectivity index (χ4n) is 1.24. The molecule has 1 fully saturated rings. The Labute approximate surface area is 69.0 Å². The lowest BCUT2D eigenvalue weighted by atomic mass is 10.1. The third-order valence-electron chi connectivity index (χ3n) is 1.98. The number of epoxide rings is 1. The molecular weight excluding hydrogens is 162 g/mol. The second-order valence-corrected chi connectivity index (χ2v) is 2.93. The summed E-state index contributed by atoms with van der Waals surface area (Å²) in [6, 6.07) is 3.55. The normalized spacial score (nSPS) is 27.2. The van der Waals surface area contributed by atoms with Crippen LogP contribution in [0.5, 0.6) is 0 Å². The van der Waals surface area contributed by atoms with Gasteiger partial charge in [-0.25, -0.2) is 8.78 Å². The number of hydrogen-bond donors (Lipinski definition) is 0. The van der Waals surface area contributed by atoms with E-state index in [0.29, 0.717) is 5.56 Å². The number of benzene rings is 1. The molecule has 12 heavy (non-hydrogen) atoms. The van der Waals surface area contributed by atoms with Crippen LogP contribution in [0, 0.1) is 11.6 Å². The minimum atomic E-state index is -0.551. The molecule has 2 rings (SSSR count). The fraction of sp³-hybridized carbons (Fsp3) is 0.333. The van der Waals surface area contributed by atoms with Crippen molar-refractivity contribution in [3.63, 3.8) is 0 Å². The van der Waals surface area contributed by atoms with Crippen LogP contribution in [-0.4, -0.2) is 6.10 Å². The minimum absolute atomic E-state index is 0.0601. The highest BCUT2D eigenvalue weighted by Gasteiger charge is 2.37. The van der Waals surface area contributed by atoms with E-state index < -0.39 is 11.6 Å². The maximum absolute atomic E-state index is 13.0. The Balaban J connectivity index is 2.33. The average molecular weight is 170 g/mol. The number of hydrogen-bond acceptors (Lipinski definition) is 1. The molecule has 0 radical (unpaired) electrons. The molecule has 2 atom stereocenters. The van der Waals surface area contributed by atoms with Crippen molar-refractivity contribution in [2.24, 2.45) is 0 Å². The lowest BCUT2D eigenvalue weighted by Crippen LogP contribution is -1.90. The molecule has 1 saturated heterocycles. The van der Waals surface area contributed by atoms with Crippen molar-refractivity contribution in [1.82, 2.24) is 0 Å². The van der Waals surface area contributed by atoms with Gasteiger partial charge in [-0.05, 0) is 13.0 Å². The van der Waals surface area contributed by atoms with Crippen molar-refractivity contribution in [1.29, 1.82) is 0 Å². The third kappa shape index (κ3) is 1.20. The van der Waals surface area contributed by atoms with Crippen LogP contribution in [0.4, 0.5) is 8.78 Å². The SMILES string of the molecule is CC1OC1c1ccc(F)cc1F. The van der Waals surface area contributed by atoms with E-state index in [0.717, 1.165) is 6.07 Å². The van der Waals surface area contributed by atoms with Gasteiger partial charge in [-0.3, -0.25) is 0 Å². The zero-order valence-electron chi connectivity index (χ0n) is 6.55. The number of rotatable bonds is 1. The molecule has 0 N–H and O–H groups in total. The van der Waals surface area contributed by atoms with Gasteiger partial charge < -0.3 is 4.74 Å². The van der Waals surface area contributed by atoms with Crippen LogP contribution in [-0.2, 0) is 4.74 Å². The van der Waals surface area contributed by atoms with Crippen LogP contribution in [0.15, 0.2) is 18.2 Å². The molecule has 0 bridgehead atoms. The highest BCUT2D eigenvalue weighted by molar-refractivity contribution is 5.24. The number of ether oxygens (including phenoxy) is 1. The van der Waals surface area contributed by atoms with Crippen molar-refractivity contribution >= 4 is 0 Å². The Morgan fingerprint density at radius 3 is 2.50 bits per heavy atom. The molecule has 1 heterocycles. The molecule has 1 aliphatic heterocycles. The monoisotopic (exact) mass is 170 g/mol. The van der Waals surface area contributed by atoms with Gasteiger partial charge in [0.25, 0.3) is 0 Å². The van der Waals surface area contributed by atoms with E-state index in [4.69, 9.17) is 4.74 Å². The summed E-state index contributed by atoms with van der Waals surface area (Å²) >= 11 is 0. The van der Waals surface area contributed by atoms with Crippen molar-refractivity contribution in [2.45, 2.75) is 19.1 Å². The van der Waals surface area contributed by atoms with Crippen LogP contribution in [0.2, 0.25) is 0 Å². The molecule has 1 aromatic carbocycles. The topological polar surface area (TPSA) is 12.5 Å². The van der Waals surface area contributed by atoms with E-state index in [1.165, 1.54) is 12.1 Å². The van der Waals surface area contributed by atoms with E-state index in [9.17, 15) is 8.78 Å². The maximum atomic E-state index is 13.0. The molecule has 0 aromatic heterocycles. The molecule has 64 valence electrons. The summed E-state index contributed by atoms with van der Waals surface area (Å²) < 4.78 is 30.5. The van der Waals surface area contributed by atoms with E-state index in [1.807, 2.05) is 6.92 Å². The highest BCUT2D eigenvalue weighted by Crippen LogP contribution is 2.39. The third-order valence-corrected chi connectivity index (χ3v) is 1.98. The average Bonchev–Trinajstić information content (AvgIpc) is 2.66. The summed E-state index contributed by atoms with van der Waals surface area (Å²) in [5.74, 6) is -1.08. The van der Waals surface area contributed by atoms with E-state index in [2.05, 4.69) is 0 Å². The predicted molar refractivity (Wildman–Crippen MR) is 39.6 cm³/mol. The molecular formula is C9H8F2O. The van der Waals surface area contributed by atoms with Gasteiger partial charge in [0.1, 0.15) is 17.7 Å². The Morgan fingerprint density at radius 2 is 2.00 bits per heavy atom. The molecule has 1 aromatic rings. The van der Waals surface area contributed by atoms with Crippen LogP contribution in [0.3, 0.4) is 0 Å². The molecule has 3 heteroatoms. The maximum Gasteiger partial charge on any atom is 0.132 e. The van der Waals surface area contributed by atoms with Crippen LogP contribution >= 0.6 is 0 Å². The van der Waals surface area contributed by atoms with E-state index in [-0.39, 0.29) is 12.2 Å². The van der Waals surface area contributed by atoms with E-state index >= 15 is 0 Å². The minimum Gasteiger partial charge on any atom is -0.365 e. The van der Waals surface area contributed by atoms with Gasteiger partial charge in [0.2, 0.25) is 0 Å². The molecule has 0 aliphatic carbocycles. The van der Waals surface area contributed by atoms with Gasteiger partial charge >= 0.3 is 0 Å². The molecule has 0 saturated carbocycles. The molecule has 1 nitrogen and oxygen atoms in total. The summed E-state index contributed by atoms with van der Waals surface area (Å²) in [5, 5.41) is 0. The Bertz CT molecular complexity index is 311. The summed E-state index contributed by atoms with van der Waals surface area (Å²) in [6.45, 7) is 1.85. The highest BCUT2D eigenvalue weighted by atomic mass is 19.1. The van der Waals surface area contributed by atoms with Crippen molar-refractivity contribution in [2.75, 3.05) is 0 Å². The summed E-state index contributed by atoms with van der Waals surface area (Å²) in [4.78, 5) is 0. The van der Waals surface area contributed by atoms with Gasteiger partial charge in [-0.1, -0.05) is 6.07 Å². The van der Waals surface area contributed by atoms with Gasteiger partial charge in [0.05, 0.1) is 6.10 Å². The lowest BCUT2D eigenvalue weighted by Gasteiger charge is -1.97. The molecule has 2 unspecified atom stereocenters. The molecule has 1 aliphatic rings.